The van der Waals surface area contributed by atoms with E-state index in [2.05, 4.69) is 4.90 Å². The van der Waals surface area contributed by atoms with Crippen molar-refractivity contribution < 1.29 is 40.5 Å². The predicted octanol–water partition coefficient (Wildman–Crippen LogP) is 4.00. The zero-order valence-corrected chi connectivity index (χ0v) is 34.4. The fraction of sp³-hybridized carbons (Fsp3) is 0.488. The minimum atomic E-state index is -0.363. The molecule has 7 rings (SSSR count). The summed E-state index contributed by atoms with van der Waals surface area (Å²) in [6.45, 7) is 16.9. The molecule has 0 N–H and O–H groups in total. The molecule has 54 heavy (non-hydrogen) atoms. The van der Waals surface area contributed by atoms with Crippen LogP contribution in [-0.2, 0) is 0 Å². The molecule has 4 heterocycles. The van der Waals surface area contributed by atoms with E-state index in [1.807, 2.05) is 98.9 Å². The van der Waals surface area contributed by atoms with Gasteiger partial charge in [0.15, 0.2) is 0 Å². The summed E-state index contributed by atoms with van der Waals surface area (Å²) in [6, 6.07) is 19.0. The summed E-state index contributed by atoms with van der Waals surface area (Å²) in [5, 5.41) is 0.433. The zero-order chi connectivity index (χ0) is 37.4. The molecule has 1 aromatic heterocycles. The molecule has 10 nitrogen and oxygen atoms in total. The largest absolute Gasteiger partial charge is 1.00 e. The maximum Gasteiger partial charge on any atom is 0.263 e. The van der Waals surface area contributed by atoms with E-state index in [1.165, 1.54) is 69.6 Å². The van der Waals surface area contributed by atoms with E-state index in [-0.39, 0.29) is 33.9 Å². The fourth-order valence-corrected chi connectivity index (χ4v) is 7.82. The van der Waals surface area contributed by atoms with E-state index in [0.717, 1.165) is 24.2 Å². The number of halogens is 1. The van der Waals surface area contributed by atoms with Crippen molar-refractivity contribution in [2.24, 2.45) is 0 Å². The Morgan fingerprint density at radius 1 is 0.759 bits per heavy atom. The number of quaternary nitrogens is 1. The Morgan fingerprint density at radius 2 is 1.41 bits per heavy atom. The Hall–Kier alpha value is -4.06. The summed E-state index contributed by atoms with van der Waals surface area (Å²) < 4.78 is 21.3. The first-order valence-corrected chi connectivity index (χ1v) is 19.6. The van der Waals surface area contributed by atoms with Crippen LogP contribution in [0.25, 0.3) is 16.6 Å². The number of carbonyl (C=O) groups is 1. The van der Waals surface area contributed by atoms with Crippen molar-refractivity contribution in [2.75, 3.05) is 96.1 Å². The second kappa shape index (κ2) is 19.0. The number of anilines is 2. The lowest BCUT2D eigenvalue weighted by molar-refractivity contribution is -0.941. The second-order valence-corrected chi connectivity index (χ2v) is 14.6. The molecule has 3 aromatic carbocycles. The van der Waals surface area contributed by atoms with Crippen molar-refractivity contribution in [3.63, 3.8) is 0 Å². The van der Waals surface area contributed by atoms with Crippen LogP contribution in [-0.4, -0.2) is 106 Å². The number of fused-ring (bicyclic) bond motifs is 4. The first-order valence-electron chi connectivity index (χ1n) is 19.6. The van der Waals surface area contributed by atoms with Gasteiger partial charge in [0.05, 0.1) is 57.2 Å². The normalized spacial score (nSPS) is 17.5. The van der Waals surface area contributed by atoms with Crippen molar-refractivity contribution in [3.8, 4) is 22.9 Å². The van der Waals surface area contributed by atoms with E-state index in [4.69, 9.17) is 14.2 Å². The van der Waals surface area contributed by atoms with Crippen molar-refractivity contribution in [1.29, 1.82) is 0 Å². The number of hydrogen-bond acceptors (Lipinski definition) is 7. The van der Waals surface area contributed by atoms with Crippen LogP contribution in [0, 0.1) is 0 Å². The third kappa shape index (κ3) is 9.59. The summed E-state index contributed by atoms with van der Waals surface area (Å²) in [6.07, 6.45) is 7.56. The average Bonchev–Trinajstić information content (AvgIpc) is 3.17. The third-order valence-electron chi connectivity index (χ3n) is 10.9. The van der Waals surface area contributed by atoms with Gasteiger partial charge in [0.2, 0.25) is 5.43 Å². The third-order valence-corrected chi connectivity index (χ3v) is 10.9. The number of ether oxygens (including phenoxy) is 3. The quantitative estimate of drug-likeness (QED) is 0.111. The van der Waals surface area contributed by atoms with Gasteiger partial charge in [0, 0.05) is 87.5 Å². The molecule has 292 valence electrons. The number of piperazine rings is 3. The molecule has 3 aliphatic heterocycles. The second-order valence-electron chi connectivity index (χ2n) is 14.6. The Labute approximate surface area is 331 Å². The molecule has 0 spiro atoms. The van der Waals surface area contributed by atoms with Gasteiger partial charge in [0.25, 0.3) is 5.91 Å². The lowest BCUT2D eigenvalue weighted by Crippen LogP contribution is -3.00. The Balaban J connectivity index is 0.00000561. The predicted molar refractivity (Wildman–Crippen MR) is 215 cm³/mol. The van der Waals surface area contributed by atoms with Gasteiger partial charge in [-0.05, 0) is 70.4 Å². The average molecular weight is 805 g/mol. The van der Waals surface area contributed by atoms with Crippen LogP contribution < -0.4 is 46.4 Å². The maximum absolute atomic E-state index is 14.3. The maximum atomic E-state index is 14.3. The fourth-order valence-electron chi connectivity index (χ4n) is 7.82. The molecule has 0 unspecified atom stereocenters. The standard InChI is InChI=1S/C43H58N5O5.BrH/c1-6-46(34-16-14-15-33(27-34)44(4)5)43(50)40-32-47(35-28-37(51-7-2)30-38(29-35)52-8-3)41-31-36(17-18-39(41)42(40)49)53-26-13-11-9-10-12-22-48-23-19-45(20-24-48)21-25-48;/h14-18,27-32H,6-13,19-26H2,1-5H3;1H/q+1;/p-1. The number of carbonyl (C=O) groups excluding carboxylic acids is 1. The SMILES string of the molecule is CCOc1cc(OCC)cc(-n2cc(C(=O)N(CC)c3cccc(N(C)C)c3)c(=O)c3ccc(OCCCCCCC[N+]45CCN(CC4)CC5)cc32)c1.[Br-]. The Kier molecular flexibility index (Phi) is 14.5. The van der Waals surface area contributed by atoms with Crippen molar-refractivity contribution in [1.82, 2.24) is 9.47 Å². The molecule has 2 bridgehead atoms. The number of benzene rings is 3. The molecule has 3 saturated heterocycles. The first-order chi connectivity index (χ1) is 25.7. The van der Waals surface area contributed by atoms with Gasteiger partial charge in [-0.15, -0.1) is 0 Å². The molecule has 3 fully saturated rings. The molecule has 0 atom stereocenters. The zero-order valence-electron chi connectivity index (χ0n) is 32.8. The van der Waals surface area contributed by atoms with Crippen LogP contribution in [0.3, 0.4) is 0 Å². The summed E-state index contributed by atoms with van der Waals surface area (Å²) in [7, 11) is 3.93. The van der Waals surface area contributed by atoms with Crippen LogP contribution in [0.2, 0.25) is 0 Å². The van der Waals surface area contributed by atoms with Crippen LogP contribution >= 0.6 is 0 Å². The smallest absolute Gasteiger partial charge is 0.263 e. The van der Waals surface area contributed by atoms with E-state index in [0.29, 0.717) is 60.2 Å². The van der Waals surface area contributed by atoms with E-state index in [9.17, 15) is 9.59 Å². The molecule has 0 aliphatic carbocycles. The summed E-state index contributed by atoms with van der Waals surface area (Å²) in [5.41, 5.74) is 2.80. The number of hydrogen-bond donors (Lipinski definition) is 0. The van der Waals surface area contributed by atoms with Crippen molar-refractivity contribution in [2.45, 2.75) is 52.9 Å². The van der Waals surface area contributed by atoms with E-state index < -0.39 is 0 Å². The number of amides is 1. The summed E-state index contributed by atoms with van der Waals surface area (Å²) in [5.74, 6) is 1.60. The number of rotatable bonds is 18. The Morgan fingerprint density at radius 3 is 2.06 bits per heavy atom. The van der Waals surface area contributed by atoms with Crippen LogP contribution in [0.5, 0.6) is 17.2 Å². The highest BCUT2D eigenvalue weighted by molar-refractivity contribution is 6.07. The summed E-state index contributed by atoms with van der Waals surface area (Å²) >= 11 is 0. The lowest BCUT2D eigenvalue weighted by atomic mass is 10.1. The van der Waals surface area contributed by atoms with Gasteiger partial charge in [-0.25, -0.2) is 0 Å². The van der Waals surface area contributed by atoms with Crippen LogP contribution in [0.1, 0.15) is 63.2 Å². The summed E-state index contributed by atoms with van der Waals surface area (Å²) in [4.78, 5) is 34.8. The van der Waals surface area contributed by atoms with Gasteiger partial charge in [-0.3, -0.25) is 14.5 Å². The number of unbranched alkanes of at least 4 members (excludes halogenated alkanes) is 4. The minimum absolute atomic E-state index is 0. The minimum Gasteiger partial charge on any atom is -1.00 e. The van der Waals surface area contributed by atoms with E-state index >= 15 is 0 Å². The molecule has 4 aromatic rings. The topological polar surface area (TPSA) is 76.5 Å². The number of pyridine rings is 1. The molecular formula is C43H58BrN5O5. The van der Waals surface area contributed by atoms with Gasteiger partial charge in [-0.2, -0.15) is 0 Å². The number of nitrogens with zero attached hydrogens (tertiary/aromatic N) is 5. The highest BCUT2D eigenvalue weighted by Crippen LogP contribution is 2.30. The Bertz CT molecular complexity index is 1880. The molecule has 0 radical (unpaired) electrons. The molecular weight excluding hydrogens is 746 g/mol. The van der Waals surface area contributed by atoms with Crippen LogP contribution in [0.4, 0.5) is 11.4 Å². The van der Waals surface area contributed by atoms with Crippen molar-refractivity contribution in [3.05, 3.63) is 82.6 Å². The monoisotopic (exact) mass is 803 g/mol. The molecule has 11 heteroatoms. The van der Waals surface area contributed by atoms with Gasteiger partial charge in [0.1, 0.15) is 22.8 Å². The van der Waals surface area contributed by atoms with Gasteiger partial charge in [-0.1, -0.05) is 18.9 Å². The lowest BCUT2D eigenvalue weighted by Gasteiger charge is -2.50. The molecule has 0 saturated carbocycles. The van der Waals surface area contributed by atoms with Gasteiger partial charge >= 0.3 is 0 Å². The van der Waals surface area contributed by atoms with Gasteiger partial charge < -0.3 is 50.0 Å². The highest BCUT2D eigenvalue weighted by Gasteiger charge is 2.37. The number of aromatic nitrogens is 1. The van der Waals surface area contributed by atoms with E-state index in [1.54, 1.807) is 17.2 Å². The molecule has 3 aliphatic rings. The highest BCUT2D eigenvalue weighted by atomic mass is 79.9. The molecule has 1 amide bonds. The van der Waals surface area contributed by atoms with Crippen LogP contribution in [0.15, 0.2) is 71.7 Å². The first kappa shape index (κ1) is 41.1. The van der Waals surface area contributed by atoms with Crippen molar-refractivity contribution >= 4 is 28.2 Å².